The normalized spacial score (nSPS) is 11.0. The molecule has 0 unspecified atom stereocenters. The van der Waals surface area contributed by atoms with Crippen LogP contribution in [0.4, 0.5) is 4.39 Å². The van der Waals surface area contributed by atoms with Crippen LogP contribution in [-0.2, 0) is 21.6 Å². The first-order chi connectivity index (χ1) is 11.8. The Balaban J connectivity index is 1.80. The molecule has 2 aromatic carbocycles. The van der Waals surface area contributed by atoms with Gasteiger partial charge >= 0.3 is 5.97 Å². The number of rotatable bonds is 5. The Bertz CT molecular complexity index is 748. The van der Waals surface area contributed by atoms with Gasteiger partial charge < -0.3 is 10.1 Å². The largest absolute Gasteiger partial charge is 0.460 e. The second-order valence-corrected chi connectivity index (χ2v) is 6.80. The van der Waals surface area contributed by atoms with E-state index in [2.05, 4.69) is 26.1 Å². The van der Waals surface area contributed by atoms with Crippen LogP contribution in [0.3, 0.4) is 0 Å². The maximum Gasteiger partial charge on any atom is 0.325 e. The number of benzene rings is 2. The Labute approximate surface area is 147 Å². The number of carbonyl (C=O) groups is 2. The van der Waals surface area contributed by atoms with E-state index in [4.69, 9.17) is 4.74 Å². The van der Waals surface area contributed by atoms with Crippen molar-refractivity contribution >= 4 is 11.9 Å². The van der Waals surface area contributed by atoms with Gasteiger partial charge in [-0.2, -0.15) is 0 Å². The summed E-state index contributed by atoms with van der Waals surface area (Å²) in [6.45, 7) is 6.25. The van der Waals surface area contributed by atoms with Crippen LogP contribution < -0.4 is 5.32 Å². The lowest BCUT2D eigenvalue weighted by Crippen LogP contribution is -2.30. The van der Waals surface area contributed by atoms with Crippen LogP contribution in [0.1, 0.15) is 42.3 Å². The minimum atomic E-state index is -0.551. The molecule has 2 aromatic rings. The molecule has 4 nitrogen and oxygen atoms in total. The van der Waals surface area contributed by atoms with Gasteiger partial charge in [0.25, 0.3) is 5.91 Å². The van der Waals surface area contributed by atoms with Crippen molar-refractivity contribution in [3.8, 4) is 0 Å². The molecule has 0 atom stereocenters. The molecular weight excluding hydrogens is 321 g/mol. The molecule has 0 saturated heterocycles. The minimum Gasteiger partial charge on any atom is -0.460 e. The maximum absolute atomic E-state index is 13.1. The van der Waals surface area contributed by atoms with E-state index in [0.717, 1.165) is 11.6 Å². The first-order valence-corrected chi connectivity index (χ1v) is 8.04. The van der Waals surface area contributed by atoms with Crippen molar-refractivity contribution in [1.82, 2.24) is 5.32 Å². The Kier molecular flexibility index (Phi) is 5.91. The topological polar surface area (TPSA) is 55.4 Å². The summed E-state index contributed by atoms with van der Waals surface area (Å²) in [5.74, 6) is -1.58. The van der Waals surface area contributed by atoms with Crippen molar-refractivity contribution < 1.29 is 18.7 Å². The Morgan fingerprint density at radius 2 is 1.76 bits per heavy atom. The number of nitrogens with one attached hydrogen (secondary N) is 1. The van der Waals surface area contributed by atoms with E-state index in [0.29, 0.717) is 0 Å². The third-order valence-electron chi connectivity index (χ3n) is 3.70. The van der Waals surface area contributed by atoms with Crippen molar-refractivity contribution in [2.45, 2.75) is 32.8 Å². The number of hydrogen-bond donors (Lipinski definition) is 1. The summed E-state index contributed by atoms with van der Waals surface area (Å²) in [5, 5.41) is 2.41. The van der Waals surface area contributed by atoms with Crippen LogP contribution >= 0.6 is 0 Å². The fourth-order valence-electron chi connectivity index (χ4n) is 2.20. The molecule has 0 bridgehead atoms. The third-order valence-corrected chi connectivity index (χ3v) is 3.70. The van der Waals surface area contributed by atoms with Crippen LogP contribution in [0, 0.1) is 5.82 Å². The molecule has 0 radical (unpaired) electrons. The molecule has 0 spiro atoms. The number of amides is 1. The van der Waals surface area contributed by atoms with E-state index in [9.17, 15) is 14.0 Å². The zero-order chi connectivity index (χ0) is 18.4. The fraction of sp³-hybridized carbons (Fsp3) is 0.300. The van der Waals surface area contributed by atoms with E-state index >= 15 is 0 Å². The van der Waals surface area contributed by atoms with E-state index in [1.807, 2.05) is 24.3 Å². The first kappa shape index (κ1) is 18.6. The van der Waals surface area contributed by atoms with E-state index in [1.54, 1.807) is 0 Å². The predicted octanol–water partition coefficient (Wildman–Crippen LogP) is 3.60. The van der Waals surface area contributed by atoms with Gasteiger partial charge in [0.15, 0.2) is 0 Å². The van der Waals surface area contributed by atoms with Crippen LogP contribution in [0.5, 0.6) is 0 Å². The van der Waals surface area contributed by atoms with Crippen molar-refractivity contribution in [3.05, 3.63) is 71.0 Å². The zero-order valence-corrected chi connectivity index (χ0v) is 14.6. The highest BCUT2D eigenvalue weighted by atomic mass is 19.1. The standard InChI is InChI=1S/C20H22FNO3/c1-20(2,3)16-9-7-14(8-10-16)13-25-18(23)12-22-19(24)15-5-4-6-17(21)11-15/h4-11H,12-13H2,1-3H3,(H,22,24). The Morgan fingerprint density at radius 1 is 1.08 bits per heavy atom. The first-order valence-electron chi connectivity index (χ1n) is 8.04. The molecule has 1 amide bonds. The van der Waals surface area contributed by atoms with Crippen LogP contribution in [0.2, 0.25) is 0 Å². The summed E-state index contributed by atoms with van der Waals surface area (Å²) in [5.41, 5.74) is 2.30. The van der Waals surface area contributed by atoms with Gasteiger partial charge in [0.1, 0.15) is 19.0 Å². The Morgan fingerprint density at radius 3 is 2.36 bits per heavy atom. The molecule has 5 heteroatoms. The van der Waals surface area contributed by atoms with Crippen molar-refractivity contribution in [1.29, 1.82) is 0 Å². The molecule has 0 fully saturated rings. The highest BCUT2D eigenvalue weighted by Gasteiger charge is 2.13. The van der Waals surface area contributed by atoms with Gasteiger partial charge in [0.2, 0.25) is 0 Å². The number of carbonyl (C=O) groups excluding carboxylic acids is 2. The van der Waals surface area contributed by atoms with Gasteiger partial charge in [0.05, 0.1) is 0 Å². The van der Waals surface area contributed by atoms with E-state index < -0.39 is 17.7 Å². The Hall–Kier alpha value is -2.69. The van der Waals surface area contributed by atoms with Crippen LogP contribution in [0.25, 0.3) is 0 Å². The molecule has 0 aliphatic carbocycles. The summed E-state index contributed by atoms with van der Waals surface area (Å²) in [7, 11) is 0. The van der Waals surface area contributed by atoms with E-state index in [1.165, 1.54) is 23.8 Å². The molecule has 2 rings (SSSR count). The van der Waals surface area contributed by atoms with Crippen LogP contribution in [-0.4, -0.2) is 18.4 Å². The lowest BCUT2D eigenvalue weighted by Gasteiger charge is -2.19. The molecule has 0 aliphatic heterocycles. The van der Waals surface area contributed by atoms with Gasteiger partial charge in [-0.1, -0.05) is 51.1 Å². The molecule has 0 aromatic heterocycles. The van der Waals surface area contributed by atoms with Gasteiger partial charge in [-0.25, -0.2) is 4.39 Å². The predicted molar refractivity (Wildman–Crippen MR) is 93.7 cm³/mol. The second-order valence-electron chi connectivity index (χ2n) is 6.80. The summed E-state index contributed by atoms with van der Waals surface area (Å²) in [6.07, 6.45) is 0. The zero-order valence-electron chi connectivity index (χ0n) is 14.6. The summed E-state index contributed by atoms with van der Waals surface area (Å²) < 4.78 is 18.2. The van der Waals surface area contributed by atoms with Crippen molar-refractivity contribution in [3.63, 3.8) is 0 Å². The quantitative estimate of drug-likeness (QED) is 0.844. The second kappa shape index (κ2) is 7.92. The molecule has 1 N–H and O–H groups in total. The monoisotopic (exact) mass is 343 g/mol. The molecule has 25 heavy (non-hydrogen) atoms. The molecule has 0 aliphatic rings. The van der Waals surface area contributed by atoms with Gasteiger partial charge in [0, 0.05) is 5.56 Å². The van der Waals surface area contributed by atoms with E-state index in [-0.39, 0.29) is 24.1 Å². The highest BCUT2D eigenvalue weighted by Crippen LogP contribution is 2.22. The van der Waals surface area contributed by atoms with Crippen molar-refractivity contribution in [2.24, 2.45) is 0 Å². The average Bonchev–Trinajstić information content (AvgIpc) is 2.57. The lowest BCUT2D eigenvalue weighted by atomic mass is 9.87. The summed E-state index contributed by atoms with van der Waals surface area (Å²) in [6, 6.07) is 13.1. The highest BCUT2D eigenvalue weighted by molar-refractivity contribution is 5.95. The number of ether oxygens (including phenoxy) is 1. The van der Waals surface area contributed by atoms with Gasteiger partial charge in [-0.05, 0) is 34.7 Å². The van der Waals surface area contributed by atoms with Crippen molar-refractivity contribution in [2.75, 3.05) is 6.54 Å². The fourth-order valence-corrected chi connectivity index (χ4v) is 2.20. The number of halogens is 1. The minimum absolute atomic E-state index is 0.0659. The summed E-state index contributed by atoms with van der Waals surface area (Å²) >= 11 is 0. The van der Waals surface area contributed by atoms with Gasteiger partial charge in [-0.15, -0.1) is 0 Å². The molecule has 0 heterocycles. The summed E-state index contributed by atoms with van der Waals surface area (Å²) in [4.78, 5) is 23.6. The lowest BCUT2D eigenvalue weighted by molar-refractivity contribution is -0.143. The molecule has 132 valence electrons. The van der Waals surface area contributed by atoms with Gasteiger partial charge in [-0.3, -0.25) is 9.59 Å². The third kappa shape index (κ3) is 5.71. The number of esters is 1. The average molecular weight is 343 g/mol. The SMILES string of the molecule is CC(C)(C)c1ccc(COC(=O)CNC(=O)c2cccc(F)c2)cc1. The molecular formula is C20H22FNO3. The number of hydrogen-bond acceptors (Lipinski definition) is 3. The molecule has 0 saturated carbocycles. The van der Waals surface area contributed by atoms with Crippen LogP contribution in [0.15, 0.2) is 48.5 Å². The smallest absolute Gasteiger partial charge is 0.325 e. The maximum atomic E-state index is 13.1.